The number of nitrogens with zero attached hydrogens (tertiary/aromatic N) is 3. The van der Waals surface area contributed by atoms with E-state index in [0.717, 1.165) is 16.6 Å². The molecule has 0 saturated heterocycles. The molecule has 0 radical (unpaired) electrons. The molecule has 98 valence electrons. The van der Waals surface area contributed by atoms with Crippen LogP contribution in [0.1, 0.15) is 16.2 Å². The molecule has 5 nitrogen and oxygen atoms in total. The minimum absolute atomic E-state index is 0.277. The molecule has 0 atom stereocenters. The Hall–Kier alpha value is -2.82. The zero-order chi connectivity index (χ0) is 13.9. The van der Waals surface area contributed by atoms with E-state index in [1.165, 1.54) is 6.20 Å². The van der Waals surface area contributed by atoms with Crippen molar-refractivity contribution in [1.29, 1.82) is 0 Å². The lowest BCUT2D eigenvalue weighted by molar-refractivity contribution is 0.102. The van der Waals surface area contributed by atoms with Gasteiger partial charge in [0, 0.05) is 23.5 Å². The second-order valence-corrected chi connectivity index (χ2v) is 4.41. The van der Waals surface area contributed by atoms with Gasteiger partial charge >= 0.3 is 0 Å². The number of aromatic nitrogens is 3. The highest BCUT2D eigenvalue weighted by Crippen LogP contribution is 2.17. The second-order valence-electron chi connectivity index (χ2n) is 4.41. The van der Waals surface area contributed by atoms with Crippen molar-refractivity contribution in [3.05, 3.63) is 60.3 Å². The highest BCUT2D eigenvalue weighted by Gasteiger charge is 2.08. The van der Waals surface area contributed by atoms with Gasteiger partial charge in [-0.2, -0.15) is 0 Å². The van der Waals surface area contributed by atoms with Crippen molar-refractivity contribution in [2.75, 3.05) is 5.32 Å². The number of nitrogens with one attached hydrogen (secondary N) is 1. The normalized spacial score (nSPS) is 10.4. The van der Waals surface area contributed by atoms with Gasteiger partial charge in [0.2, 0.25) is 0 Å². The lowest BCUT2D eigenvalue weighted by atomic mass is 10.2. The smallest absolute Gasteiger partial charge is 0.275 e. The summed E-state index contributed by atoms with van der Waals surface area (Å²) in [5.41, 5.74) is 2.67. The molecule has 2 aromatic heterocycles. The first-order valence-electron chi connectivity index (χ1n) is 6.17. The third-order valence-corrected chi connectivity index (χ3v) is 2.87. The molecule has 5 heteroatoms. The number of fused-ring (bicyclic) bond motifs is 1. The number of carbonyl (C=O) groups is 1. The van der Waals surface area contributed by atoms with Crippen LogP contribution in [0.25, 0.3) is 10.9 Å². The predicted octanol–water partition coefficient (Wildman–Crippen LogP) is 2.59. The predicted molar refractivity (Wildman–Crippen MR) is 76.5 cm³/mol. The van der Waals surface area contributed by atoms with E-state index in [9.17, 15) is 4.79 Å². The molecule has 0 bridgehead atoms. The Bertz CT molecular complexity index is 768. The van der Waals surface area contributed by atoms with E-state index in [0.29, 0.717) is 11.4 Å². The summed E-state index contributed by atoms with van der Waals surface area (Å²) >= 11 is 0. The van der Waals surface area contributed by atoms with Crippen molar-refractivity contribution in [2.24, 2.45) is 0 Å². The van der Waals surface area contributed by atoms with Crippen LogP contribution in [0, 0.1) is 6.92 Å². The van der Waals surface area contributed by atoms with E-state index in [2.05, 4.69) is 20.3 Å². The van der Waals surface area contributed by atoms with Gasteiger partial charge in [0.15, 0.2) is 0 Å². The first kappa shape index (κ1) is 12.2. The molecule has 20 heavy (non-hydrogen) atoms. The van der Waals surface area contributed by atoms with Crippen LogP contribution < -0.4 is 5.32 Å². The number of benzene rings is 1. The van der Waals surface area contributed by atoms with E-state index in [1.807, 2.05) is 37.3 Å². The molecule has 3 rings (SSSR count). The summed E-state index contributed by atoms with van der Waals surface area (Å²) < 4.78 is 0. The van der Waals surface area contributed by atoms with Crippen molar-refractivity contribution >= 4 is 22.5 Å². The van der Waals surface area contributed by atoms with E-state index in [-0.39, 0.29) is 5.91 Å². The number of anilines is 1. The van der Waals surface area contributed by atoms with Gasteiger partial charge in [0.05, 0.1) is 17.4 Å². The highest BCUT2D eigenvalue weighted by molar-refractivity contribution is 6.03. The van der Waals surface area contributed by atoms with Gasteiger partial charge in [-0.3, -0.25) is 14.8 Å². The zero-order valence-electron chi connectivity index (χ0n) is 10.9. The average molecular weight is 264 g/mol. The van der Waals surface area contributed by atoms with Gasteiger partial charge in [-0.05, 0) is 31.2 Å². The molecule has 3 aromatic rings. The summed E-state index contributed by atoms with van der Waals surface area (Å²) in [5.74, 6) is -0.277. The molecule has 1 N–H and O–H groups in total. The Morgan fingerprint density at radius 3 is 2.80 bits per heavy atom. The summed E-state index contributed by atoms with van der Waals surface area (Å²) in [6, 6.07) is 9.37. The highest BCUT2D eigenvalue weighted by atomic mass is 16.1. The first-order valence-corrected chi connectivity index (χ1v) is 6.17. The summed E-state index contributed by atoms with van der Waals surface area (Å²) in [6.45, 7) is 1.82. The van der Waals surface area contributed by atoms with E-state index < -0.39 is 0 Å². The molecule has 0 aliphatic carbocycles. The topological polar surface area (TPSA) is 67.8 Å². The van der Waals surface area contributed by atoms with Gasteiger partial charge in [-0.15, -0.1) is 0 Å². The molecular formula is C15H12N4O. The number of hydrogen-bond donors (Lipinski definition) is 1. The average Bonchev–Trinajstić information content (AvgIpc) is 2.48. The SMILES string of the molecule is Cc1cnc(C(=O)Nc2ccc3ncccc3c2)cn1. The van der Waals surface area contributed by atoms with Gasteiger partial charge in [0.25, 0.3) is 5.91 Å². The fourth-order valence-electron chi connectivity index (χ4n) is 1.86. The third kappa shape index (κ3) is 2.47. The van der Waals surface area contributed by atoms with E-state index in [4.69, 9.17) is 0 Å². The van der Waals surface area contributed by atoms with Crippen LogP contribution in [0.3, 0.4) is 0 Å². The molecular weight excluding hydrogens is 252 g/mol. The largest absolute Gasteiger partial charge is 0.321 e. The molecule has 1 amide bonds. The maximum absolute atomic E-state index is 12.0. The quantitative estimate of drug-likeness (QED) is 0.772. The zero-order valence-corrected chi connectivity index (χ0v) is 10.9. The maximum atomic E-state index is 12.0. The molecule has 0 aliphatic rings. The Balaban J connectivity index is 1.85. The lowest BCUT2D eigenvalue weighted by Gasteiger charge is -2.05. The van der Waals surface area contributed by atoms with E-state index in [1.54, 1.807) is 12.4 Å². The fraction of sp³-hybridized carbons (Fsp3) is 0.0667. The fourth-order valence-corrected chi connectivity index (χ4v) is 1.86. The van der Waals surface area contributed by atoms with Crippen molar-refractivity contribution in [1.82, 2.24) is 15.0 Å². The number of pyridine rings is 1. The van der Waals surface area contributed by atoms with Crippen LogP contribution in [0.4, 0.5) is 5.69 Å². The first-order chi connectivity index (χ1) is 9.72. The molecule has 0 saturated carbocycles. The van der Waals surface area contributed by atoms with Crippen molar-refractivity contribution in [3.63, 3.8) is 0 Å². The van der Waals surface area contributed by atoms with E-state index >= 15 is 0 Å². The van der Waals surface area contributed by atoms with Crippen LogP contribution in [0.5, 0.6) is 0 Å². The lowest BCUT2D eigenvalue weighted by Crippen LogP contribution is -2.14. The number of hydrogen-bond acceptors (Lipinski definition) is 4. The summed E-state index contributed by atoms with van der Waals surface area (Å²) in [6.07, 6.45) is 4.77. The van der Waals surface area contributed by atoms with Crippen LogP contribution in [-0.2, 0) is 0 Å². The Morgan fingerprint density at radius 1 is 1.10 bits per heavy atom. The van der Waals surface area contributed by atoms with Crippen LogP contribution in [0.2, 0.25) is 0 Å². The molecule has 0 aliphatic heterocycles. The molecule has 0 fully saturated rings. The Labute approximate surface area is 115 Å². The molecule has 0 unspecified atom stereocenters. The van der Waals surface area contributed by atoms with Crippen LogP contribution in [-0.4, -0.2) is 20.9 Å². The standard InChI is InChI=1S/C15H12N4O/c1-10-8-18-14(9-17-10)15(20)19-12-4-5-13-11(7-12)3-2-6-16-13/h2-9H,1H3,(H,19,20). The minimum Gasteiger partial charge on any atom is -0.321 e. The second kappa shape index (κ2) is 5.05. The van der Waals surface area contributed by atoms with Gasteiger partial charge in [-0.1, -0.05) is 6.07 Å². The Kier molecular flexibility index (Phi) is 3.09. The third-order valence-electron chi connectivity index (χ3n) is 2.87. The number of rotatable bonds is 2. The van der Waals surface area contributed by atoms with Crippen LogP contribution >= 0.6 is 0 Å². The summed E-state index contributed by atoms with van der Waals surface area (Å²) in [4.78, 5) is 24.4. The monoisotopic (exact) mass is 264 g/mol. The van der Waals surface area contributed by atoms with Crippen LogP contribution in [0.15, 0.2) is 48.9 Å². The maximum Gasteiger partial charge on any atom is 0.275 e. The van der Waals surface area contributed by atoms with Gasteiger partial charge < -0.3 is 5.32 Å². The Morgan fingerprint density at radius 2 is 2.00 bits per heavy atom. The number of aryl methyl sites for hydroxylation is 1. The summed E-state index contributed by atoms with van der Waals surface area (Å²) in [7, 11) is 0. The van der Waals surface area contributed by atoms with Crippen molar-refractivity contribution in [2.45, 2.75) is 6.92 Å². The van der Waals surface area contributed by atoms with Gasteiger partial charge in [-0.25, -0.2) is 4.98 Å². The number of amides is 1. The molecule has 0 spiro atoms. The number of carbonyl (C=O) groups excluding carboxylic acids is 1. The molecule has 2 heterocycles. The van der Waals surface area contributed by atoms with Crippen molar-refractivity contribution in [3.8, 4) is 0 Å². The van der Waals surface area contributed by atoms with Gasteiger partial charge in [0.1, 0.15) is 5.69 Å². The summed E-state index contributed by atoms with van der Waals surface area (Å²) in [5, 5.41) is 3.77. The van der Waals surface area contributed by atoms with Crippen molar-refractivity contribution < 1.29 is 4.79 Å². The minimum atomic E-state index is -0.277. The molecule has 1 aromatic carbocycles.